The van der Waals surface area contributed by atoms with Crippen LogP contribution < -0.4 is 0 Å². The van der Waals surface area contributed by atoms with Gasteiger partial charge in [-0.25, -0.2) is 0 Å². The number of hydrogen-bond acceptors (Lipinski definition) is 3. The molecule has 1 aliphatic rings. The average Bonchev–Trinajstić information content (AvgIpc) is 2.58. The minimum absolute atomic E-state index is 0.643. The zero-order chi connectivity index (χ0) is 8.44. The summed E-state index contributed by atoms with van der Waals surface area (Å²) in [7, 11) is 0. The molecule has 0 aliphatic carbocycles. The van der Waals surface area contributed by atoms with Crippen molar-refractivity contribution in [1.29, 1.82) is 0 Å². The maximum Gasteiger partial charge on any atom is 0.243 e. The zero-order valence-corrected chi connectivity index (χ0v) is 7.38. The normalized spacial score (nSPS) is 28.4. The maximum atomic E-state index is 9.97. The molecule has 2 heterocycles. The lowest BCUT2D eigenvalue weighted by atomic mass is 10.1. The van der Waals surface area contributed by atoms with E-state index in [2.05, 4.69) is 0 Å². The minimum Gasteiger partial charge on any atom is -0.465 e. The molecule has 0 fully saturated rings. The van der Waals surface area contributed by atoms with Gasteiger partial charge in [-0.2, -0.15) is 0 Å². The number of allylic oxidation sites excluding steroid dienone is 1. The molecule has 12 heavy (non-hydrogen) atoms. The fourth-order valence-electron chi connectivity index (χ4n) is 1.25. The highest BCUT2D eigenvalue weighted by molar-refractivity contribution is 7.10. The number of hydrogen-bond donors (Lipinski definition) is 1. The summed E-state index contributed by atoms with van der Waals surface area (Å²) in [6, 6.07) is 3.81. The third-order valence-electron chi connectivity index (χ3n) is 1.92. The number of rotatable bonds is 1. The number of thiophene rings is 1. The Bertz CT molecular complexity index is 279. The molecule has 64 valence electrons. The highest BCUT2D eigenvalue weighted by Crippen LogP contribution is 2.33. The van der Waals surface area contributed by atoms with Crippen molar-refractivity contribution in [3.05, 3.63) is 34.7 Å². The van der Waals surface area contributed by atoms with Gasteiger partial charge in [-0.3, -0.25) is 0 Å². The van der Waals surface area contributed by atoms with Crippen LogP contribution in [0.3, 0.4) is 0 Å². The number of aliphatic hydroxyl groups is 1. The molecular weight excluding hydrogens is 172 g/mol. The third-order valence-corrected chi connectivity index (χ3v) is 2.92. The first-order valence-electron chi connectivity index (χ1n) is 3.90. The molecule has 2 nitrogen and oxygen atoms in total. The average molecular weight is 182 g/mol. The molecular formula is C9H10O2S. The Hall–Kier alpha value is -0.800. The highest BCUT2D eigenvalue weighted by atomic mass is 32.1. The van der Waals surface area contributed by atoms with Gasteiger partial charge < -0.3 is 9.84 Å². The molecule has 1 aromatic heterocycles. The van der Waals surface area contributed by atoms with E-state index in [0.29, 0.717) is 6.42 Å². The fourth-order valence-corrected chi connectivity index (χ4v) is 2.04. The molecule has 0 aromatic carbocycles. The van der Waals surface area contributed by atoms with Crippen LogP contribution in [0.25, 0.3) is 0 Å². The summed E-state index contributed by atoms with van der Waals surface area (Å²) in [4.78, 5) is 0.881. The second-order valence-electron chi connectivity index (χ2n) is 2.79. The van der Waals surface area contributed by atoms with E-state index in [4.69, 9.17) is 4.74 Å². The van der Waals surface area contributed by atoms with E-state index in [1.54, 1.807) is 6.26 Å². The first-order valence-corrected chi connectivity index (χ1v) is 4.78. The largest absolute Gasteiger partial charge is 0.465 e. The van der Waals surface area contributed by atoms with Gasteiger partial charge in [0.15, 0.2) is 0 Å². The Balaban J connectivity index is 2.26. The highest BCUT2D eigenvalue weighted by Gasteiger charge is 2.32. The zero-order valence-electron chi connectivity index (χ0n) is 6.56. The van der Waals surface area contributed by atoms with E-state index < -0.39 is 5.79 Å². The van der Waals surface area contributed by atoms with Crippen LogP contribution in [0.2, 0.25) is 0 Å². The second-order valence-corrected chi connectivity index (χ2v) is 3.74. The van der Waals surface area contributed by atoms with Crippen molar-refractivity contribution in [2.24, 2.45) is 0 Å². The van der Waals surface area contributed by atoms with Gasteiger partial charge in [0.2, 0.25) is 5.79 Å². The van der Waals surface area contributed by atoms with E-state index >= 15 is 0 Å². The van der Waals surface area contributed by atoms with E-state index in [9.17, 15) is 5.11 Å². The smallest absolute Gasteiger partial charge is 0.243 e. The van der Waals surface area contributed by atoms with Crippen LogP contribution in [-0.4, -0.2) is 5.11 Å². The minimum atomic E-state index is -1.07. The number of ether oxygens (including phenoxy) is 1. The Morgan fingerprint density at radius 3 is 3.08 bits per heavy atom. The van der Waals surface area contributed by atoms with Gasteiger partial charge in [0.05, 0.1) is 11.1 Å². The fraction of sp³-hybridized carbons (Fsp3) is 0.333. The monoisotopic (exact) mass is 182 g/mol. The van der Waals surface area contributed by atoms with Crippen molar-refractivity contribution in [2.45, 2.75) is 18.6 Å². The van der Waals surface area contributed by atoms with Gasteiger partial charge in [-0.1, -0.05) is 6.07 Å². The summed E-state index contributed by atoms with van der Waals surface area (Å²) < 4.78 is 5.20. The lowest BCUT2D eigenvalue weighted by Gasteiger charge is -2.28. The van der Waals surface area contributed by atoms with E-state index in [1.165, 1.54) is 11.3 Å². The van der Waals surface area contributed by atoms with Crippen molar-refractivity contribution in [3.63, 3.8) is 0 Å². The Morgan fingerprint density at radius 1 is 1.58 bits per heavy atom. The maximum absolute atomic E-state index is 9.97. The quantitative estimate of drug-likeness (QED) is 0.721. The predicted molar refractivity (Wildman–Crippen MR) is 47.7 cm³/mol. The molecule has 0 saturated carbocycles. The lowest BCUT2D eigenvalue weighted by Crippen LogP contribution is -2.27. The molecule has 0 bridgehead atoms. The topological polar surface area (TPSA) is 29.5 Å². The summed E-state index contributed by atoms with van der Waals surface area (Å²) in [5.74, 6) is -1.07. The van der Waals surface area contributed by atoms with Crippen molar-refractivity contribution in [1.82, 2.24) is 0 Å². The van der Waals surface area contributed by atoms with Crippen LogP contribution in [-0.2, 0) is 10.5 Å². The van der Waals surface area contributed by atoms with Gasteiger partial charge in [0, 0.05) is 6.42 Å². The van der Waals surface area contributed by atoms with E-state index in [0.717, 1.165) is 11.3 Å². The summed E-state index contributed by atoms with van der Waals surface area (Å²) in [6.45, 7) is 0. The molecule has 3 heteroatoms. The molecule has 0 saturated heterocycles. The van der Waals surface area contributed by atoms with Crippen LogP contribution in [0.15, 0.2) is 29.9 Å². The molecule has 1 unspecified atom stereocenters. The lowest BCUT2D eigenvalue weighted by molar-refractivity contribution is -0.183. The third kappa shape index (κ3) is 1.26. The van der Waals surface area contributed by atoms with Gasteiger partial charge in [0.25, 0.3) is 0 Å². The van der Waals surface area contributed by atoms with Crippen molar-refractivity contribution >= 4 is 11.3 Å². The summed E-state index contributed by atoms with van der Waals surface area (Å²) >= 11 is 1.52. The molecule has 0 radical (unpaired) electrons. The molecule has 1 atom stereocenters. The molecule has 0 spiro atoms. The predicted octanol–water partition coefficient (Wildman–Crippen LogP) is 2.22. The Kier molecular flexibility index (Phi) is 1.90. The van der Waals surface area contributed by atoms with Crippen LogP contribution >= 0.6 is 11.3 Å². The van der Waals surface area contributed by atoms with E-state index in [1.807, 2.05) is 23.6 Å². The summed E-state index contributed by atoms with van der Waals surface area (Å²) in [6.07, 6.45) is 5.00. The van der Waals surface area contributed by atoms with Crippen molar-refractivity contribution < 1.29 is 9.84 Å². The van der Waals surface area contributed by atoms with Gasteiger partial charge in [0.1, 0.15) is 0 Å². The molecule has 2 rings (SSSR count). The standard InChI is InChI=1S/C9H10O2S/c10-9(5-1-2-6-11-9)8-4-3-7-12-8/h2-4,6-7,10H,1,5H2. The van der Waals surface area contributed by atoms with Crippen LogP contribution in [0, 0.1) is 0 Å². The van der Waals surface area contributed by atoms with Crippen LogP contribution in [0.5, 0.6) is 0 Å². The Morgan fingerprint density at radius 2 is 2.50 bits per heavy atom. The second kappa shape index (κ2) is 2.92. The molecule has 1 aromatic rings. The van der Waals surface area contributed by atoms with E-state index in [-0.39, 0.29) is 0 Å². The van der Waals surface area contributed by atoms with Gasteiger partial charge >= 0.3 is 0 Å². The van der Waals surface area contributed by atoms with Crippen LogP contribution in [0.4, 0.5) is 0 Å². The molecule has 1 N–H and O–H groups in total. The van der Waals surface area contributed by atoms with Gasteiger partial charge in [-0.15, -0.1) is 11.3 Å². The van der Waals surface area contributed by atoms with Gasteiger partial charge in [-0.05, 0) is 23.9 Å². The first kappa shape index (κ1) is 7.83. The Labute approximate surface area is 75.1 Å². The summed E-state index contributed by atoms with van der Waals surface area (Å²) in [5.41, 5.74) is 0. The van der Waals surface area contributed by atoms with Crippen LogP contribution in [0.1, 0.15) is 17.7 Å². The first-order chi connectivity index (χ1) is 5.81. The summed E-state index contributed by atoms with van der Waals surface area (Å²) in [5, 5.41) is 11.9. The molecule has 0 amide bonds. The molecule has 1 aliphatic heterocycles. The van der Waals surface area contributed by atoms with Crippen molar-refractivity contribution in [2.75, 3.05) is 0 Å². The van der Waals surface area contributed by atoms with Crippen molar-refractivity contribution in [3.8, 4) is 0 Å². The SMILES string of the molecule is OC1(c2cccs2)CCC=CO1.